The van der Waals surface area contributed by atoms with Crippen molar-refractivity contribution < 1.29 is 9.53 Å². The van der Waals surface area contributed by atoms with E-state index in [1.54, 1.807) is 13.0 Å². The molecule has 0 atom stereocenters. The third-order valence-corrected chi connectivity index (χ3v) is 2.12. The third-order valence-electron chi connectivity index (χ3n) is 2.12. The lowest BCUT2D eigenvalue weighted by atomic mass is 10.0. The number of carbonyl (C=O) groups is 1. The highest BCUT2D eigenvalue weighted by Gasteiger charge is 2.15. The fourth-order valence-corrected chi connectivity index (χ4v) is 1.47. The minimum Gasteiger partial charge on any atom is -0.475 e. The number of ether oxygens (including phenoxy) is 1. The van der Waals surface area contributed by atoms with Gasteiger partial charge in [0.25, 0.3) is 0 Å². The summed E-state index contributed by atoms with van der Waals surface area (Å²) in [6, 6.07) is 7.38. The lowest BCUT2D eigenvalue weighted by molar-refractivity contribution is 0.101. The molecule has 1 aromatic rings. The zero-order valence-electron chi connectivity index (χ0n) is 7.99. The predicted molar refractivity (Wildman–Crippen MR) is 53.8 cm³/mol. The Kier molecular flexibility index (Phi) is 2.31. The van der Waals surface area contributed by atoms with Gasteiger partial charge in [-0.15, -0.1) is 0 Å². The molecule has 72 valence electrons. The molecule has 0 fully saturated rings. The Morgan fingerprint density at radius 3 is 2.86 bits per heavy atom. The maximum absolute atomic E-state index is 11.3. The Morgan fingerprint density at radius 1 is 1.43 bits per heavy atom. The van der Waals surface area contributed by atoms with E-state index in [9.17, 15) is 4.79 Å². The van der Waals surface area contributed by atoms with Crippen molar-refractivity contribution in [2.45, 2.75) is 6.92 Å². The van der Waals surface area contributed by atoms with Crippen molar-refractivity contribution in [1.82, 2.24) is 0 Å². The number of ketones is 1. The van der Waals surface area contributed by atoms with Crippen LogP contribution >= 0.6 is 0 Å². The molecular weight excluding hydrogens is 178 g/mol. The molecule has 0 bridgehead atoms. The minimum absolute atomic E-state index is 0.0406. The first kappa shape index (κ1) is 8.94. The van der Waals surface area contributed by atoms with E-state index < -0.39 is 0 Å². The SMILES string of the molecule is CC(=O)c1ccccc1C1=NCCO1. The molecule has 1 aliphatic heterocycles. The lowest BCUT2D eigenvalue weighted by Gasteiger charge is -2.05. The molecule has 0 radical (unpaired) electrons. The van der Waals surface area contributed by atoms with Gasteiger partial charge in [0.2, 0.25) is 5.90 Å². The average molecular weight is 189 g/mol. The Bertz CT molecular complexity index is 396. The molecule has 0 aromatic heterocycles. The molecule has 2 rings (SSSR count). The van der Waals surface area contributed by atoms with Crippen molar-refractivity contribution in [2.75, 3.05) is 13.2 Å². The molecule has 1 aromatic carbocycles. The quantitative estimate of drug-likeness (QED) is 0.664. The van der Waals surface area contributed by atoms with Crippen LogP contribution in [0.15, 0.2) is 29.3 Å². The molecule has 0 unspecified atom stereocenters. The van der Waals surface area contributed by atoms with Crippen molar-refractivity contribution in [1.29, 1.82) is 0 Å². The van der Waals surface area contributed by atoms with Crippen LogP contribution in [0.25, 0.3) is 0 Å². The standard InChI is InChI=1S/C11H11NO2/c1-8(13)9-4-2-3-5-10(9)11-12-6-7-14-11/h2-5H,6-7H2,1H3. The molecule has 14 heavy (non-hydrogen) atoms. The monoisotopic (exact) mass is 189 g/mol. The van der Waals surface area contributed by atoms with Crippen LogP contribution in [0.5, 0.6) is 0 Å². The first-order valence-electron chi connectivity index (χ1n) is 4.56. The Morgan fingerprint density at radius 2 is 2.21 bits per heavy atom. The summed E-state index contributed by atoms with van der Waals surface area (Å²) in [6.45, 7) is 2.84. The summed E-state index contributed by atoms with van der Waals surface area (Å²) >= 11 is 0. The normalized spacial score (nSPS) is 14.8. The summed E-state index contributed by atoms with van der Waals surface area (Å²) in [6.07, 6.45) is 0. The van der Waals surface area contributed by atoms with Crippen molar-refractivity contribution in [3.8, 4) is 0 Å². The zero-order chi connectivity index (χ0) is 9.97. The number of benzene rings is 1. The molecule has 1 aliphatic rings. The second-order valence-corrected chi connectivity index (χ2v) is 3.14. The van der Waals surface area contributed by atoms with Gasteiger partial charge in [0.1, 0.15) is 6.61 Å². The molecule has 3 nitrogen and oxygen atoms in total. The lowest BCUT2D eigenvalue weighted by Crippen LogP contribution is -2.07. The maximum atomic E-state index is 11.3. The first-order chi connectivity index (χ1) is 6.79. The maximum Gasteiger partial charge on any atom is 0.216 e. The summed E-state index contributed by atoms with van der Waals surface area (Å²) in [5.74, 6) is 0.634. The van der Waals surface area contributed by atoms with Gasteiger partial charge in [-0.3, -0.25) is 4.79 Å². The molecule has 0 aliphatic carbocycles. The van der Waals surface area contributed by atoms with Crippen LogP contribution in [-0.4, -0.2) is 24.8 Å². The molecule has 3 heteroatoms. The van der Waals surface area contributed by atoms with E-state index in [1.807, 2.05) is 18.2 Å². The average Bonchev–Trinajstić information content (AvgIpc) is 2.70. The van der Waals surface area contributed by atoms with Gasteiger partial charge >= 0.3 is 0 Å². The van der Waals surface area contributed by atoms with Gasteiger partial charge in [-0.2, -0.15) is 0 Å². The number of rotatable bonds is 2. The van der Waals surface area contributed by atoms with E-state index in [0.29, 0.717) is 24.6 Å². The Hall–Kier alpha value is -1.64. The van der Waals surface area contributed by atoms with E-state index in [4.69, 9.17) is 4.74 Å². The topological polar surface area (TPSA) is 38.7 Å². The van der Waals surface area contributed by atoms with Crippen molar-refractivity contribution >= 4 is 11.7 Å². The molecule has 0 spiro atoms. The van der Waals surface area contributed by atoms with Crippen LogP contribution < -0.4 is 0 Å². The second-order valence-electron chi connectivity index (χ2n) is 3.14. The summed E-state index contributed by atoms with van der Waals surface area (Å²) in [7, 11) is 0. The van der Waals surface area contributed by atoms with Gasteiger partial charge in [-0.25, -0.2) is 4.99 Å². The van der Waals surface area contributed by atoms with Crippen molar-refractivity contribution in [3.05, 3.63) is 35.4 Å². The van der Waals surface area contributed by atoms with Gasteiger partial charge in [-0.1, -0.05) is 18.2 Å². The number of hydrogen-bond acceptors (Lipinski definition) is 3. The number of carbonyl (C=O) groups excluding carboxylic acids is 1. The largest absolute Gasteiger partial charge is 0.475 e. The second kappa shape index (κ2) is 3.62. The van der Waals surface area contributed by atoms with Crippen LogP contribution in [-0.2, 0) is 4.74 Å². The Balaban J connectivity index is 2.46. The van der Waals surface area contributed by atoms with E-state index in [1.165, 1.54) is 0 Å². The van der Waals surface area contributed by atoms with Crippen molar-refractivity contribution in [3.63, 3.8) is 0 Å². The number of nitrogens with zero attached hydrogens (tertiary/aromatic N) is 1. The number of Topliss-reactive ketones (excluding diaryl/α,β-unsaturated/α-hetero) is 1. The first-order valence-corrected chi connectivity index (χ1v) is 4.56. The van der Waals surface area contributed by atoms with Crippen LogP contribution in [0, 0.1) is 0 Å². The molecular formula is C11H11NO2. The molecule has 0 saturated carbocycles. The number of hydrogen-bond donors (Lipinski definition) is 0. The summed E-state index contributed by atoms with van der Waals surface area (Å²) < 4.78 is 5.33. The highest BCUT2D eigenvalue weighted by atomic mass is 16.5. The summed E-state index contributed by atoms with van der Waals surface area (Å²) in [4.78, 5) is 15.5. The fraction of sp³-hybridized carbons (Fsp3) is 0.273. The van der Waals surface area contributed by atoms with Gasteiger partial charge in [0, 0.05) is 11.1 Å². The smallest absolute Gasteiger partial charge is 0.216 e. The third kappa shape index (κ3) is 1.53. The summed E-state index contributed by atoms with van der Waals surface area (Å²) in [5.41, 5.74) is 1.48. The molecule has 0 N–H and O–H groups in total. The van der Waals surface area contributed by atoms with Gasteiger partial charge in [0.15, 0.2) is 5.78 Å². The molecule has 1 heterocycles. The summed E-state index contributed by atoms with van der Waals surface area (Å²) in [5, 5.41) is 0. The van der Waals surface area contributed by atoms with Crippen LogP contribution in [0.3, 0.4) is 0 Å². The van der Waals surface area contributed by atoms with E-state index in [-0.39, 0.29) is 5.78 Å². The fourth-order valence-electron chi connectivity index (χ4n) is 1.47. The predicted octanol–water partition coefficient (Wildman–Crippen LogP) is 1.67. The highest BCUT2D eigenvalue weighted by molar-refractivity contribution is 6.07. The molecule has 0 amide bonds. The van der Waals surface area contributed by atoms with Gasteiger partial charge in [0.05, 0.1) is 6.54 Å². The van der Waals surface area contributed by atoms with Crippen LogP contribution in [0.2, 0.25) is 0 Å². The van der Waals surface area contributed by atoms with E-state index >= 15 is 0 Å². The number of aliphatic imine (C=N–C) groups is 1. The van der Waals surface area contributed by atoms with Crippen LogP contribution in [0.1, 0.15) is 22.8 Å². The Labute approximate surface area is 82.4 Å². The minimum atomic E-state index is 0.0406. The van der Waals surface area contributed by atoms with Gasteiger partial charge in [-0.05, 0) is 13.0 Å². The van der Waals surface area contributed by atoms with Gasteiger partial charge < -0.3 is 4.74 Å². The van der Waals surface area contributed by atoms with Crippen LogP contribution in [0.4, 0.5) is 0 Å². The van der Waals surface area contributed by atoms with E-state index in [0.717, 1.165) is 5.56 Å². The highest BCUT2D eigenvalue weighted by Crippen LogP contribution is 2.13. The molecule has 0 saturated heterocycles. The van der Waals surface area contributed by atoms with E-state index in [2.05, 4.69) is 4.99 Å². The zero-order valence-corrected chi connectivity index (χ0v) is 7.99. The van der Waals surface area contributed by atoms with Crippen molar-refractivity contribution in [2.24, 2.45) is 4.99 Å².